The zero-order chi connectivity index (χ0) is 17.1. The van der Waals surface area contributed by atoms with Gasteiger partial charge >= 0.3 is 0 Å². The van der Waals surface area contributed by atoms with Crippen LogP contribution in [0.1, 0.15) is 22.9 Å². The van der Waals surface area contributed by atoms with Crippen LogP contribution in [0.25, 0.3) is 11.5 Å². The Labute approximate surface area is 140 Å². The first-order valence-electron chi connectivity index (χ1n) is 7.71. The van der Waals surface area contributed by atoms with Gasteiger partial charge in [0.25, 0.3) is 0 Å². The highest BCUT2D eigenvalue weighted by Gasteiger charge is 2.13. The Morgan fingerprint density at radius 1 is 1.25 bits per heavy atom. The summed E-state index contributed by atoms with van der Waals surface area (Å²) in [6.07, 6.45) is 4.51. The van der Waals surface area contributed by atoms with E-state index in [1.807, 2.05) is 39.1 Å². The van der Waals surface area contributed by atoms with E-state index in [0.717, 1.165) is 22.5 Å². The number of nitrogens with zero attached hydrogens (tertiary/aromatic N) is 5. The third-order valence-electron chi connectivity index (χ3n) is 3.86. The lowest BCUT2D eigenvalue weighted by molar-refractivity contribution is 0.191. The van der Waals surface area contributed by atoms with Gasteiger partial charge in [-0.15, -0.1) is 0 Å². The van der Waals surface area contributed by atoms with Crippen LogP contribution in [0.2, 0.25) is 0 Å². The minimum Gasteiger partial charge on any atom is -0.386 e. The SMILES string of the molecule is Cc1nc(-c2ccccn2)nc(NCC(O)c2cnn(C)c2)c1C. The van der Waals surface area contributed by atoms with Gasteiger partial charge in [-0.05, 0) is 26.0 Å². The molecule has 0 aliphatic heterocycles. The predicted molar refractivity (Wildman–Crippen MR) is 91.4 cm³/mol. The summed E-state index contributed by atoms with van der Waals surface area (Å²) in [7, 11) is 1.82. The maximum atomic E-state index is 10.3. The molecule has 1 atom stereocenters. The smallest absolute Gasteiger partial charge is 0.180 e. The van der Waals surface area contributed by atoms with Crippen molar-refractivity contribution < 1.29 is 5.11 Å². The molecule has 3 aromatic heterocycles. The topological polar surface area (TPSA) is 88.8 Å². The summed E-state index contributed by atoms with van der Waals surface area (Å²) in [5.41, 5.74) is 3.31. The van der Waals surface area contributed by atoms with Gasteiger partial charge in [0.2, 0.25) is 0 Å². The second kappa shape index (κ2) is 6.76. The minimum atomic E-state index is -0.660. The van der Waals surface area contributed by atoms with Gasteiger partial charge in [-0.25, -0.2) is 9.97 Å². The molecule has 1 unspecified atom stereocenters. The molecule has 0 amide bonds. The third kappa shape index (κ3) is 3.41. The molecular formula is C17H20N6O. The molecule has 0 saturated heterocycles. The summed E-state index contributed by atoms with van der Waals surface area (Å²) in [6, 6.07) is 5.63. The summed E-state index contributed by atoms with van der Waals surface area (Å²) < 4.78 is 1.66. The van der Waals surface area contributed by atoms with Crippen LogP contribution in [0.3, 0.4) is 0 Å². The molecule has 124 valence electrons. The second-order valence-corrected chi connectivity index (χ2v) is 5.67. The molecule has 3 heterocycles. The number of aromatic nitrogens is 5. The maximum Gasteiger partial charge on any atom is 0.180 e. The lowest BCUT2D eigenvalue weighted by Gasteiger charge is -2.14. The number of aliphatic hydroxyl groups excluding tert-OH is 1. The normalized spacial score (nSPS) is 12.2. The first-order chi connectivity index (χ1) is 11.5. The van der Waals surface area contributed by atoms with E-state index in [9.17, 15) is 5.11 Å². The molecule has 0 spiro atoms. The Kier molecular flexibility index (Phi) is 4.52. The molecule has 7 nitrogen and oxygen atoms in total. The Balaban J connectivity index is 1.81. The molecule has 0 aliphatic rings. The van der Waals surface area contributed by atoms with Crippen LogP contribution in [-0.2, 0) is 7.05 Å². The van der Waals surface area contributed by atoms with Gasteiger partial charge in [0, 0.05) is 42.8 Å². The monoisotopic (exact) mass is 324 g/mol. The average molecular weight is 324 g/mol. The number of pyridine rings is 1. The summed E-state index contributed by atoms with van der Waals surface area (Å²) in [5, 5.41) is 17.5. The number of nitrogens with one attached hydrogen (secondary N) is 1. The molecule has 3 aromatic rings. The van der Waals surface area contributed by atoms with Crippen molar-refractivity contribution in [2.45, 2.75) is 20.0 Å². The van der Waals surface area contributed by atoms with Crippen molar-refractivity contribution in [1.29, 1.82) is 0 Å². The Bertz CT molecular complexity index is 830. The molecule has 24 heavy (non-hydrogen) atoms. The van der Waals surface area contributed by atoms with Gasteiger partial charge in [0.05, 0.1) is 12.3 Å². The van der Waals surface area contributed by atoms with E-state index in [2.05, 4.69) is 25.4 Å². The standard InChI is InChI=1S/C17H20N6O/c1-11-12(2)21-17(14-6-4-5-7-18-14)22-16(11)19-9-15(24)13-8-20-23(3)10-13/h4-8,10,15,24H,9H2,1-3H3,(H,19,21,22). The lowest BCUT2D eigenvalue weighted by Crippen LogP contribution is -2.14. The highest BCUT2D eigenvalue weighted by molar-refractivity contribution is 5.56. The number of anilines is 1. The fourth-order valence-corrected chi connectivity index (χ4v) is 2.33. The van der Waals surface area contributed by atoms with E-state index in [1.54, 1.807) is 23.3 Å². The number of hydrogen-bond acceptors (Lipinski definition) is 6. The fourth-order valence-electron chi connectivity index (χ4n) is 2.33. The zero-order valence-corrected chi connectivity index (χ0v) is 13.9. The van der Waals surface area contributed by atoms with E-state index in [4.69, 9.17) is 0 Å². The van der Waals surface area contributed by atoms with Crippen LogP contribution in [0.15, 0.2) is 36.8 Å². The Morgan fingerprint density at radius 2 is 2.08 bits per heavy atom. The first-order valence-corrected chi connectivity index (χ1v) is 7.71. The van der Waals surface area contributed by atoms with Crippen LogP contribution in [0.4, 0.5) is 5.82 Å². The van der Waals surface area contributed by atoms with Crippen molar-refractivity contribution in [2.75, 3.05) is 11.9 Å². The number of hydrogen-bond donors (Lipinski definition) is 2. The molecular weight excluding hydrogens is 304 g/mol. The van der Waals surface area contributed by atoms with Crippen molar-refractivity contribution in [3.05, 3.63) is 53.6 Å². The molecule has 0 aliphatic carbocycles. The molecule has 0 fully saturated rings. The van der Waals surface area contributed by atoms with Crippen molar-refractivity contribution in [3.8, 4) is 11.5 Å². The molecule has 7 heteroatoms. The van der Waals surface area contributed by atoms with Gasteiger partial charge in [0.15, 0.2) is 5.82 Å². The van der Waals surface area contributed by atoms with Gasteiger partial charge in [0.1, 0.15) is 11.5 Å². The van der Waals surface area contributed by atoms with Crippen LogP contribution in [0.5, 0.6) is 0 Å². The summed E-state index contributed by atoms with van der Waals surface area (Å²) in [6.45, 7) is 4.23. The maximum absolute atomic E-state index is 10.3. The molecule has 0 aromatic carbocycles. The molecule has 0 saturated carbocycles. The number of aryl methyl sites for hydroxylation is 2. The summed E-state index contributed by atoms with van der Waals surface area (Å²) in [4.78, 5) is 13.4. The molecule has 0 radical (unpaired) electrons. The fraction of sp³-hybridized carbons (Fsp3) is 0.294. The van der Waals surface area contributed by atoms with E-state index in [-0.39, 0.29) is 0 Å². The van der Waals surface area contributed by atoms with E-state index < -0.39 is 6.10 Å². The second-order valence-electron chi connectivity index (χ2n) is 5.67. The minimum absolute atomic E-state index is 0.338. The van der Waals surface area contributed by atoms with Gasteiger partial charge in [-0.3, -0.25) is 9.67 Å². The van der Waals surface area contributed by atoms with Crippen LogP contribution in [-0.4, -0.2) is 36.4 Å². The molecule has 3 rings (SSSR count). The number of aliphatic hydroxyl groups is 1. The highest BCUT2D eigenvalue weighted by atomic mass is 16.3. The quantitative estimate of drug-likeness (QED) is 0.746. The third-order valence-corrected chi connectivity index (χ3v) is 3.86. The Hall–Kier alpha value is -2.80. The largest absolute Gasteiger partial charge is 0.386 e. The van der Waals surface area contributed by atoms with Crippen LogP contribution < -0.4 is 5.32 Å². The van der Waals surface area contributed by atoms with Crippen molar-refractivity contribution >= 4 is 5.82 Å². The van der Waals surface area contributed by atoms with E-state index in [1.165, 1.54) is 0 Å². The van der Waals surface area contributed by atoms with Crippen LogP contribution >= 0.6 is 0 Å². The molecule has 0 bridgehead atoms. The average Bonchev–Trinajstić information content (AvgIpc) is 3.03. The van der Waals surface area contributed by atoms with Crippen molar-refractivity contribution in [1.82, 2.24) is 24.7 Å². The van der Waals surface area contributed by atoms with Gasteiger partial charge in [-0.1, -0.05) is 6.07 Å². The van der Waals surface area contributed by atoms with Gasteiger partial charge < -0.3 is 10.4 Å². The summed E-state index contributed by atoms with van der Waals surface area (Å²) >= 11 is 0. The van der Waals surface area contributed by atoms with E-state index >= 15 is 0 Å². The molecule has 2 N–H and O–H groups in total. The van der Waals surface area contributed by atoms with Crippen LogP contribution in [0, 0.1) is 13.8 Å². The summed E-state index contributed by atoms with van der Waals surface area (Å²) in [5.74, 6) is 1.27. The number of rotatable bonds is 5. The lowest BCUT2D eigenvalue weighted by atomic mass is 10.2. The predicted octanol–water partition coefficient (Wildman–Crippen LogP) is 2.03. The zero-order valence-electron chi connectivity index (χ0n) is 13.9. The first kappa shape index (κ1) is 16.1. The van der Waals surface area contributed by atoms with Crippen molar-refractivity contribution in [3.63, 3.8) is 0 Å². The van der Waals surface area contributed by atoms with Gasteiger partial charge in [-0.2, -0.15) is 5.10 Å². The van der Waals surface area contributed by atoms with Crippen molar-refractivity contribution in [2.24, 2.45) is 7.05 Å². The van der Waals surface area contributed by atoms with E-state index in [0.29, 0.717) is 18.2 Å². The Morgan fingerprint density at radius 3 is 2.75 bits per heavy atom. The highest BCUT2D eigenvalue weighted by Crippen LogP contribution is 2.21.